The molecule has 1 heterocycles. The molecule has 114 valence electrons. The van der Waals surface area contributed by atoms with Gasteiger partial charge in [0.1, 0.15) is 11.8 Å². The van der Waals surface area contributed by atoms with Crippen LogP contribution >= 0.6 is 0 Å². The summed E-state index contributed by atoms with van der Waals surface area (Å²) in [5, 5.41) is 2.71. The van der Waals surface area contributed by atoms with Crippen molar-refractivity contribution in [3.8, 4) is 5.75 Å². The molecular formula is C14H18N2O4S. The average molecular weight is 310 g/mol. The second-order valence-corrected chi connectivity index (χ2v) is 6.77. The van der Waals surface area contributed by atoms with Gasteiger partial charge >= 0.3 is 0 Å². The van der Waals surface area contributed by atoms with E-state index < -0.39 is 16.1 Å². The molecule has 0 aromatic heterocycles. The Morgan fingerprint density at radius 3 is 2.62 bits per heavy atom. The van der Waals surface area contributed by atoms with Gasteiger partial charge in [0.2, 0.25) is 15.9 Å². The van der Waals surface area contributed by atoms with E-state index in [1.54, 1.807) is 50.5 Å². The smallest absolute Gasteiger partial charge is 0.246 e. The van der Waals surface area contributed by atoms with Gasteiger partial charge in [-0.3, -0.25) is 4.79 Å². The van der Waals surface area contributed by atoms with Crippen molar-refractivity contribution in [2.45, 2.75) is 13.0 Å². The number of carbonyl (C=O) groups excluding carboxylic acids is 1. The molecule has 1 aromatic carbocycles. The number of ether oxygens (including phenoxy) is 1. The summed E-state index contributed by atoms with van der Waals surface area (Å²) in [7, 11) is -1.85. The third kappa shape index (κ3) is 3.43. The molecule has 1 aliphatic rings. The van der Waals surface area contributed by atoms with Crippen LogP contribution in [0.15, 0.2) is 36.4 Å². The molecule has 7 heteroatoms. The monoisotopic (exact) mass is 310 g/mol. The minimum atomic E-state index is -3.41. The summed E-state index contributed by atoms with van der Waals surface area (Å²) in [6, 6.07) is 6.06. The zero-order chi connectivity index (χ0) is 15.5. The van der Waals surface area contributed by atoms with Crippen LogP contribution in [0.25, 0.3) is 0 Å². The fourth-order valence-electron chi connectivity index (χ4n) is 2.06. The molecule has 0 fully saturated rings. The van der Waals surface area contributed by atoms with Crippen molar-refractivity contribution >= 4 is 21.6 Å². The lowest BCUT2D eigenvalue weighted by Crippen LogP contribution is -2.44. The van der Waals surface area contributed by atoms with Gasteiger partial charge in [-0.15, -0.1) is 0 Å². The number of nitrogens with one attached hydrogen (secondary N) is 1. The van der Waals surface area contributed by atoms with Crippen molar-refractivity contribution in [3.63, 3.8) is 0 Å². The molecule has 1 amide bonds. The van der Waals surface area contributed by atoms with Gasteiger partial charge < -0.3 is 10.1 Å². The van der Waals surface area contributed by atoms with Gasteiger partial charge in [-0.2, -0.15) is 4.31 Å². The maximum Gasteiger partial charge on any atom is 0.246 e. The quantitative estimate of drug-likeness (QED) is 0.830. The summed E-state index contributed by atoms with van der Waals surface area (Å²) in [5.74, 6) is 0.288. The van der Waals surface area contributed by atoms with Gasteiger partial charge in [0.05, 0.1) is 12.9 Å². The van der Waals surface area contributed by atoms with Crippen molar-refractivity contribution in [1.29, 1.82) is 0 Å². The predicted molar refractivity (Wildman–Crippen MR) is 80.7 cm³/mol. The largest absolute Gasteiger partial charge is 0.497 e. The standard InChI is InChI=1S/C14H18N2O4S/c1-3-21(18,19)16-10-4-5-13(16)14(17)15-11-6-8-12(20-2)9-7-11/h4-9,13H,3,10H2,1-2H3,(H,15,17)/t13-/m1/s1. The summed E-state index contributed by atoms with van der Waals surface area (Å²) in [6.07, 6.45) is 3.29. The van der Waals surface area contributed by atoms with Crippen LogP contribution in [0.1, 0.15) is 6.92 Å². The number of hydrogen-bond acceptors (Lipinski definition) is 4. The fourth-order valence-corrected chi connectivity index (χ4v) is 3.22. The van der Waals surface area contributed by atoms with Gasteiger partial charge in [-0.1, -0.05) is 12.2 Å². The van der Waals surface area contributed by atoms with Crippen LogP contribution < -0.4 is 10.1 Å². The number of sulfonamides is 1. The molecule has 0 saturated heterocycles. The van der Waals surface area contributed by atoms with Crippen LogP contribution in [0.4, 0.5) is 5.69 Å². The third-order valence-corrected chi connectivity index (χ3v) is 5.08. The predicted octanol–water partition coefficient (Wildman–Crippen LogP) is 1.22. The summed E-state index contributed by atoms with van der Waals surface area (Å²) in [6.45, 7) is 1.79. The zero-order valence-corrected chi connectivity index (χ0v) is 12.8. The first-order valence-corrected chi connectivity index (χ1v) is 8.20. The topological polar surface area (TPSA) is 75.7 Å². The SMILES string of the molecule is CCS(=O)(=O)N1CC=C[C@@H]1C(=O)Nc1ccc(OC)cc1. The van der Waals surface area contributed by atoms with Gasteiger partial charge in [0.15, 0.2) is 0 Å². The molecular weight excluding hydrogens is 292 g/mol. The molecule has 1 atom stereocenters. The normalized spacial score (nSPS) is 18.7. The Balaban J connectivity index is 2.10. The Bertz CT molecular complexity index is 637. The molecule has 1 aromatic rings. The number of benzene rings is 1. The van der Waals surface area contributed by atoms with Gasteiger partial charge in [0.25, 0.3) is 0 Å². The molecule has 0 aliphatic carbocycles. The van der Waals surface area contributed by atoms with Gasteiger partial charge in [0, 0.05) is 12.2 Å². The lowest BCUT2D eigenvalue weighted by atomic mass is 10.2. The molecule has 0 saturated carbocycles. The molecule has 0 unspecified atom stereocenters. The van der Waals surface area contributed by atoms with Crippen LogP contribution in [0.2, 0.25) is 0 Å². The lowest BCUT2D eigenvalue weighted by molar-refractivity contribution is -0.118. The minimum absolute atomic E-state index is 0.0268. The van der Waals surface area contributed by atoms with Crippen LogP contribution in [-0.2, 0) is 14.8 Å². The maximum atomic E-state index is 12.2. The van der Waals surface area contributed by atoms with E-state index in [1.165, 1.54) is 4.31 Å². The lowest BCUT2D eigenvalue weighted by Gasteiger charge is -2.22. The highest BCUT2D eigenvalue weighted by Crippen LogP contribution is 2.19. The van der Waals surface area contributed by atoms with E-state index in [1.807, 2.05) is 0 Å². The van der Waals surface area contributed by atoms with E-state index in [0.29, 0.717) is 11.4 Å². The first-order valence-electron chi connectivity index (χ1n) is 6.59. The van der Waals surface area contributed by atoms with Gasteiger partial charge in [-0.25, -0.2) is 8.42 Å². The highest BCUT2D eigenvalue weighted by molar-refractivity contribution is 7.89. The number of carbonyl (C=O) groups is 1. The molecule has 0 spiro atoms. The number of nitrogens with zero attached hydrogens (tertiary/aromatic N) is 1. The molecule has 2 rings (SSSR count). The van der Waals surface area contributed by atoms with Crippen molar-refractivity contribution in [3.05, 3.63) is 36.4 Å². The molecule has 21 heavy (non-hydrogen) atoms. The van der Waals surface area contributed by atoms with E-state index >= 15 is 0 Å². The Kier molecular flexibility index (Phi) is 4.64. The molecule has 0 radical (unpaired) electrons. The Morgan fingerprint density at radius 1 is 1.38 bits per heavy atom. The van der Waals surface area contributed by atoms with E-state index in [9.17, 15) is 13.2 Å². The van der Waals surface area contributed by atoms with E-state index in [2.05, 4.69) is 5.32 Å². The van der Waals surface area contributed by atoms with Crippen molar-refractivity contribution in [1.82, 2.24) is 4.31 Å². The summed E-state index contributed by atoms with van der Waals surface area (Å²) in [5.41, 5.74) is 0.593. The number of hydrogen-bond donors (Lipinski definition) is 1. The van der Waals surface area contributed by atoms with Crippen LogP contribution in [0, 0.1) is 0 Å². The Hall–Kier alpha value is -1.86. The van der Waals surface area contributed by atoms with E-state index in [-0.39, 0.29) is 18.2 Å². The summed E-state index contributed by atoms with van der Waals surface area (Å²) >= 11 is 0. The second kappa shape index (κ2) is 6.28. The first kappa shape index (κ1) is 15.5. The third-order valence-electron chi connectivity index (χ3n) is 3.26. The van der Waals surface area contributed by atoms with E-state index in [0.717, 1.165) is 0 Å². The Morgan fingerprint density at radius 2 is 2.05 bits per heavy atom. The van der Waals surface area contributed by atoms with Crippen molar-refractivity contribution in [2.75, 3.05) is 24.7 Å². The molecule has 0 bridgehead atoms. The molecule has 1 aliphatic heterocycles. The molecule has 1 N–H and O–H groups in total. The fraction of sp³-hybridized carbons (Fsp3) is 0.357. The second-order valence-electron chi connectivity index (χ2n) is 4.56. The maximum absolute atomic E-state index is 12.2. The zero-order valence-electron chi connectivity index (χ0n) is 11.9. The number of anilines is 1. The van der Waals surface area contributed by atoms with Gasteiger partial charge in [-0.05, 0) is 31.2 Å². The van der Waals surface area contributed by atoms with Crippen molar-refractivity contribution < 1.29 is 17.9 Å². The highest BCUT2D eigenvalue weighted by Gasteiger charge is 2.34. The summed E-state index contributed by atoms with van der Waals surface area (Å²) in [4.78, 5) is 12.2. The number of rotatable bonds is 5. The van der Waals surface area contributed by atoms with Crippen molar-refractivity contribution in [2.24, 2.45) is 0 Å². The summed E-state index contributed by atoms with van der Waals surface area (Å²) < 4.78 is 30.1. The highest BCUT2D eigenvalue weighted by atomic mass is 32.2. The number of amides is 1. The first-order chi connectivity index (χ1) is 9.97. The van der Waals surface area contributed by atoms with Crippen LogP contribution in [0.5, 0.6) is 5.75 Å². The number of methoxy groups -OCH3 is 1. The minimum Gasteiger partial charge on any atom is -0.497 e. The van der Waals surface area contributed by atoms with Crippen LogP contribution in [0.3, 0.4) is 0 Å². The van der Waals surface area contributed by atoms with E-state index in [4.69, 9.17) is 4.74 Å². The Labute approximate surface area is 124 Å². The van der Waals surface area contributed by atoms with Crippen LogP contribution in [-0.4, -0.2) is 44.1 Å². The average Bonchev–Trinajstić information content (AvgIpc) is 2.98. The molecule has 6 nitrogen and oxygen atoms in total.